The van der Waals surface area contributed by atoms with E-state index in [4.69, 9.17) is 9.57 Å². The first kappa shape index (κ1) is 25.4. The molecule has 2 heterocycles. The van der Waals surface area contributed by atoms with E-state index in [0.29, 0.717) is 17.8 Å². The van der Waals surface area contributed by atoms with Crippen molar-refractivity contribution in [3.63, 3.8) is 0 Å². The molecule has 1 unspecified atom stereocenters. The van der Waals surface area contributed by atoms with Gasteiger partial charge in [0.1, 0.15) is 13.2 Å². The fourth-order valence-electron chi connectivity index (χ4n) is 3.37. The van der Waals surface area contributed by atoms with Crippen LogP contribution in [0.4, 0.5) is 4.79 Å². The van der Waals surface area contributed by atoms with E-state index in [2.05, 4.69) is 27.4 Å². The molecule has 184 valence electrons. The number of carbonyl (C=O) groups is 3. The highest BCUT2D eigenvalue weighted by molar-refractivity contribution is 6.03. The second-order valence-corrected chi connectivity index (χ2v) is 8.35. The number of pyridine rings is 1. The van der Waals surface area contributed by atoms with Crippen LogP contribution in [-0.4, -0.2) is 52.6 Å². The minimum atomic E-state index is -0.767. The second-order valence-electron chi connectivity index (χ2n) is 8.35. The van der Waals surface area contributed by atoms with E-state index in [9.17, 15) is 14.4 Å². The maximum Gasteiger partial charge on any atom is 0.407 e. The molecule has 0 saturated heterocycles. The number of nitrogens with one attached hydrogen (secondary N) is 2. The summed E-state index contributed by atoms with van der Waals surface area (Å²) in [5, 5.41) is 9.13. The lowest BCUT2D eigenvalue weighted by molar-refractivity contribution is -0.127. The fourth-order valence-corrected chi connectivity index (χ4v) is 3.37. The predicted molar refractivity (Wildman–Crippen MR) is 129 cm³/mol. The van der Waals surface area contributed by atoms with Crippen LogP contribution in [-0.2, 0) is 25.8 Å². The summed E-state index contributed by atoms with van der Waals surface area (Å²) in [6.45, 7) is 7.39. The number of alkyl carbamates (subject to hydrolysis) is 1. The van der Waals surface area contributed by atoms with E-state index in [0.717, 1.165) is 5.56 Å². The second kappa shape index (κ2) is 12.3. The molecule has 0 radical (unpaired) electrons. The van der Waals surface area contributed by atoms with Crippen LogP contribution in [0.15, 0.2) is 72.5 Å². The van der Waals surface area contributed by atoms with Crippen molar-refractivity contribution in [1.29, 1.82) is 0 Å². The minimum absolute atomic E-state index is 0.0892. The molecule has 2 N–H and O–H groups in total. The van der Waals surface area contributed by atoms with Gasteiger partial charge in [0.15, 0.2) is 11.6 Å². The summed E-state index contributed by atoms with van der Waals surface area (Å²) in [5.74, 6) is 0.0394. The molecule has 3 rings (SSSR count). The lowest BCUT2D eigenvalue weighted by Gasteiger charge is -2.23. The monoisotopic (exact) mass is 479 g/mol. The highest BCUT2D eigenvalue weighted by Crippen LogP contribution is 2.20. The van der Waals surface area contributed by atoms with Crippen LogP contribution in [0.5, 0.6) is 0 Å². The van der Waals surface area contributed by atoms with E-state index in [1.54, 1.807) is 29.4 Å². The van der Waals surface area contributed by atoms with Crippen molar-refractivity contribution in [2.24, 2.45) is 11.1 Å². The molecule has 0 aliphatic carbocycles. The Balaban J connectivity index is 1.54. The Bertz CT molecular complexity index is 1070. The van der Waals surface area contributed by atoms with Gasteiger partial charge in [-0.15, -0.1) is 0 Å². The Morgan fingerprint density at radius 3 is 2.51 bits per heavy atom. The normalized spacial score (nSPS) is 13.6. The van der Waals surface area contributed by atoms with Crippen LogP contribution >= 0.6 is 0 Å². The number of amides is 2. The van der Waals surface area contributed by atoms with Crippen molar-refractivity contribution >= 4 is 23.6 Å². The first-order valence-corrected chi connectivity index (χ1v) is 11.2. The number of oxime groups is 1. The molecule has 1 aliphatic rings. The first-order chi connectivity index (χ1) is 16.8. The number of benzene rings is 1. The zero-order valence-electron chi connectivity index (χ0n) is 19.8. The molecule has 2 amide bonds. The van der Waals surface area contributed by atoms with Gasteiger partial charge in [-0.2, -0.15) is 0 Å². The van der Waals surface area contributed by atoms with Gasteiger partial charge in [0, 0.05) is 18.0 Å². The van der Waals surface area contributed by atoms with Crippen LogP contribution in [0.1, 0.15) is 31.4 Å². The van der Waals surface area contributed by atoms with Crippen LogP contribution in [0.3, 0.4) is 0 Å². The summed E-state index contributed by atoms with van der Waals surface area (Å²) >= 11 is 0. The maximum atomic E-state index is 13.2. The highest BCUT2D eigenvalue weighted by atomic mass is 16.7. The van der Waals surface area contributed by atoms with Crippen molar-refractivity contribution in [1.82, 2.24) is 20.5 Å². The fraction of sp³-hybridized carbons (Fsp3) is 0.320. The average Bonchev–Trinajstić information content (AvgIpc) is 3.21. The molecule has 0 saturated carbocycles. The molecule has 1 aliphatic heterocycles. The Kier molecular flexibility index (Phi) is 8.94. The molecule has 0 spiro atoms. The van der Waals surface area contributed by atoms with E-state index in [1.807, 2.05) is 44.2 Å². The molecule has 0 fully saturated rings. The Morgan fingerprint density at radius 2 is 1.83 bits per heavy atom. The molecular formula is C25H29N5O5. The lowest BCUT2D eigenvalue weighted by atomic mass is 9.99. The summed E-state index contributed by atoms with van der Waals surface area (Å²) in [4.78, 5) is 48.3. The van der Waals surface area contributed by atoms with Crippen LogP contribution < -0.4 is 10.6 Å². The van der Waals surface area contributed by atoms with E-state index < -0.39 is 18.0 Å². The number of nitrogens with zero attached hydrogens (tertiary/aromatic N) is 3. The zero-order chi connectivity index (χ0) is 25.2. The molecule has 10 heteroatoms. The SMILES string of the molecule is C=C1ON=C(c2ccncc2)N1CC(=O)C(CC(C)C)NC(=O)CNC(=O)OCc1ccccc1. The van der Waals surface area contributed by atoms with Crippen molar-refractivity contribution in [3.05, 3.63) is 78.4 Å². The summed E-state index contributed by atoms with van der Waals surface area (Å²) in [7, 11) is 0. The number of ketones is 1. The number of aromatic nitrogens is 1. The predicted octanol–water partition coefficient (Wildman–Crippen LogP) is 2.57. The number of ether oxygens (including phenoxy) is 1. The van der Waals surface area contributed by atoms with E-state index >= 15 is 0 Å². The van der Waals surface area contributed by atoms with Crippen LogP contribution in [0, 0.1) is 5.92 Å². The smallest absolute Gasteiger partial charge is 0.407 e. The van der Waals surface area contributed by atoms with Crippen molar-refractivity contribution in [2.45, 2.75) is 32.9 Å². The Hall–Kier alpha value is -4.21. The lowest BCUT2D eigenvalue weighted by Crippen LogP contribution is -2.49. The Labute approximate surface area is 204 Å². The molecule has 2 aromatic rings. The van der Waals surface area contributed by atoms with Gasteiger partial charge in [0.2, 0.25) is 11.8 Å². The molecule has 10 nitrogen and oxygen atoms in total. The average molecular weight is 480 g/mol. The van der Waals surface area contributed by atoms with Crippen LogP contribution in [0.25, 0.3) is 0 Å². The summed E-state index contributed by atoms with van der Waals surface area (Å²) in [6, 6.07) is 11.9. The van der Waals surface area contributed by atoms with Gasteiger partial charge in [-0.3, -0.25) is 19.5 Å². The summed E-state index contributed by atoms with van der Waals surface area (Å²) < 4.78 is 5.10. The van der Waals surface area contributed by atoms with Crippen LogP contribution in [0.2, 0.25) is 0 Å². The molecular weight excluding hydrogens is 450 g/mol. The van der Waals surface area contributed by atoms with Crippen molar-refractivity contribution in [2.75, 3.05) is 13.1 Å². The van der Waals surface area contributed by atoms with E-state index in [1.165, 1.54) is 0 Å². The molecule has 35 heavy (non-hydrogen) atoms. The molecule has 1 aromatic carbocycles. The maximum absolute atomic E-state index is 13.2. The van der Waals surface area contributed by atoms with E-state index in [-0.39, 0.29) is 37.3 Å². The van der Waals surface area contributed by atoms with Gasteiger partial charge < -0.3 is 20.2 Å². The number of Topliss-reactive ketones (excluding diaryl/α,β-unsaturated/α-hetero) is 1. The van der Waals surface area contributed by atoms with Gasteiger partial charge in [-0.05, 0) is 36.6 Å². The number of rotatable bonds is 11. The quantitative estimate of drug-likeness (QED) is 0.508. The molecule has 1 atom stereocenters. The minimum Gasteiger partial charge on any atom is -0.445 e. The third kappa shape index (κ3) is 7.66. The zero-order valence-corrected chi connectivity index (χ0v) is 19.8. The highest BCUT2D eigenvalue weighted by Gasteiger charge is 2.31. The number of hydrogen-bond donors (Lipinski definition) is 2. The summed E-state index contributed by atoms with van der Waals surface area (Å²) in [5.41, 5.74) is 1.55. The topological polar surface area (TPSA) is 122 Å². The molecule has 1 aromatic heterocycles. The van der Waals surface area contributed by atoms with Gasteiger partial charge in [-0.25, -0.2) is 4.79 Å². The number of amidine groups is 1. The Morgan fingerprint density at radius 1 is 1.11 bits per heavy atom. The number of hydrogen-bond acceptors (Lipinski definition) is 8. The molecule has 0 bridgehead atoms. The summed E-state index contributed by atoms with van der Waals surface area (Å²) in [6.07, 6.45) is 2.92. The first-order valence-electron chi connectivity index (χ1n) is 11.2. The number of carbonyl (C=O) groups excluding carboxylic acids is 3. The largest absolute Gasteiger partial charge is 0.445 e. The third-order valence-electron chi connectivity index (χ3n) is 5.08. The van der Waals surface area contributed by atoms with Gasteiger partial charge in [0.25, 0.3) is 0 Å². The standard InChI is InChI=1S/C25H29N5O5/c1-17(2)13-21(28-23(32)14-27-25(33)34-16-19-7-5-4-6-8-19)22(31)15-30-18(3)35-29-24(30)20-9-11-26-12-10-20/h4-12,17,21H,3,13-16H2,1-2H3,(H,27,33)(H,28,32). The van der Waals surface area contributed by atoms with Gasteiger partial charge in [0.05, 0.1) is 12.6 Å². The van der Waals surface area contributed by atoms with Crippen molar-refractivity contribution in [3.8, 4) is 0 Å². The van der Waals surface area contributed by atoms with Crippen molar-refractivity contribution < 1.29 is 24.0 Å². The van der Waals surface area contributed by atoms with Gasteiger partial charge >= 0.3 is 6.09 Å². The third-order valence-corrected chi connectivity index (χ3v) is 5.08. The van der Waals surface area contributed by atoms with Gasteiger partial charge in [-0.1, -0.05) is 49.3 Å².